The number of aryl methyl sites for hydroxylation is 1. The van der Waals surface area contributed by atoms with E-state index >= 15 is 0 Å². The van der Waals surface area contributed by atoms with Crippen LogP contribution in [0.2, 0.25) is 0 Å². The van der Waals surface area contributed by atoms with E-state index in [4.69, 9.17) is 0 Å². The number of hydrogen-bond acceptors (Lipinski definition) is 0. The van der Waals surface area contributed by atoms with Gasteiger partial charge >= 0.3 is 0 Å². The van der Waals surface area contributed by atoms with Crippen molar-refractivity contribution >= 4 is 0 Å². The largest absolute Gasteiger partial charge is 0.0845 e. The molecule has 0 bridgehead atoms. The number of rotatable bonds is 6. The quantitative estimate of drug-likeness (QED) is 0.479. The minimum Gasteiger partial charge on any atom is -0.0845 e. The monoisotopic (exact) mass is 211 g/mol. The highest BCUT2D eigenvalue weighted by Crippen LogP contribution is 2.04. The van der Waals surface area contributed by atoms with Crippen LogP contribution >= 0.6 is 0 Å². The molecule has 0 fully saturated rings. The summed E-state index contributed by atoms with van der Waals surface area (Å²) >= 11 is 0. The molecule has 0 nitrogen and oxygen atoms in total. The minimum absolute atomic E-state index is 1.13. The lowest BCUT2D eigenvalue weighted by atomic mass is 10.1. The number of allylic oxidation sites excluding steroid dienone is 6. The fraction of sp³-hybridized carbons (Fsp3) is 0.188. The van der Waals surface area contributed by atoms with E-state index in [9.17, 15) is 0 Å². The topological polar surface area (TPSA) is 0 Å². The van der Waals surface area contributed by atoms with E-state index < -0.39 is 0 Å². The number of hydrogen-bond donors (Lipinski definition) is 0. The molecule has 0 saturated heterocycles. The standard InChI is InChI=1S/C16H19/c1-2-3-4-5-6-7-8-10-13-16-14-11-9-12-15-16/h2-7,9,11-12,14-15H,1,8,10,13H2/b3-2+,5-4+,7-6+. The molecule has 0 amide bonds. The van der Waals surface area contributed by atoms with Gasteiger partial charge in [-0.2, -0.15) is 0 Å². The van der Waals surface area contributed by atoms with Gasteiger partial charge in [0.15, 0.2) is 0 Å². The summed E-state index contributed by atoms with van der Waals surface area (Å²) in [5.74, 6) is 0. The summed E-state index contributed by atoms with van der Waals surface area (Å²) in [6.07, 6.45) is 15.5. The molecule has 0 saturated carbocycles. The third kappa shape index (κ3) is 6.02. The Balaban J connectivity index is 2.12. The smallest absolute Gasteiger partial charge is 0.0276 e. The Kier molecular flexibility index (Phi) is 6.82. The Morgan fingerprint density at radius 2 is 1.69 bits per heavy atom. The number of unbranched alkanes of at least 4 members (excludes halogenated alkanes) is 1. The van der Waals surface area contributed by atoms with E-state index in [-0.39, 0.29) is 0 Å². The number of benzene rings is 1. The van der Waals surface area contributed by atoms with E-state index in [1.165, 1.54) is 12.0 Å². The minimum atomic E-state index is 1.13. The summed E-state index contributed by atoms with van der Waals surface area (Å²) < 4.78 is 0. The molecular formula is C16H19. The fourth-order valence-electron chi connectivity index (χ4n) is 1.45. The molecule has 0 spiro atoms. The van der Waals surface area contributed by atoms with Crippen LogP contribution in [0.3, 0.4) is 0 Å². The first-order valence-electron chi connectivity index (χ1n) is 5.75. The normalized spacial score (nSPS) is 12.1. The summed E-state index contributed by atoms with van der Waals surface area (Å²) in [5.41, 5.74) is 1.42. The SMILES string of the molecule is [CH2]/C=C/C=C/C=C/CCCc1ccccc1. The maximum absolute atomic E-state index is 3.61. The average Bonchev–Trinajstić information content (AvgIpc) is 2.34. The molecule has 83 valence electrons. The Hall–Kier alpha value is -1.56. The lowest BCUT2D eigenvalue weighted by molar-refractivity contribution is 0.843. The molecule has 0 aliphatic carbocycles. The zero-order valence-corrected chi connectivity index (χ0v) is 9.68. The van der Waals surface area contributed by atoms with Crippen LogP contribution in [0.5, 0.6) is 0 Å². The van der Waals surface area contributed by atoms with E-state index in [1.807, 2.05) is 18.2 Å². The van der Waals surface area contributed by atoms with E-state index in [0.29, 0.717) is 0 Å². The predicted octanol–water partition coefficient (Wildman–Crippen LogP) is 4.51. The molecule has 0 unspecified atom stereocenters. The van der Waals surface area contributed by atoms with Gasteiger partial charge in [-0.05, 0) is 31.7 Å². The first kappa shape index (κ1) is 12.5. The van der Waals surface area contributed by atoms with Gasteiger partial charge < -0.3 is 0 Å². The molecule has 16 heavy (non-hydrogen) atoms. The molecule has 0 aromatic heterocycles. The van der Waals surface area contributed by atoms with Crippen molar-refractivity contribution in [2.75, 3.05) is 0 Å². The van der Waals surface area contributed by atoms with Crippen molar-refractivity contribution in [3.8, 4) is 0 Å². The Bertz CT molecular complexity index is 342. The second-order valence-electron chi connectivity index (χ2n) is 3.62. The van der Waals surface area contributed by atoms with Crippen molar-refractivity contribution in [3.63, 3.8) is 0 Å². The molecule has 0 N–H and O–H groups in total. The van der Waals surface area contributed by atoms with Gasteiger partial charge in [0, 0.05) is 0 Å². The first-order valence-corrected chi connectivity index (χ1v) is 5.75. The highest BCUT2D eigenvalue weighted by Gasteiger charge is 1.88. The summed E-state index contributed by atoms with van der Waals surface area (Å²) in [7, 11) is 0. The molecule has 0 aliphatic rings. The summed E-state index contributed by atoms with van der Waals surface area (Å²) in [6.45, 7) is 3.61. The van der Waals surface area contributed by atoms with Crippen molar-refractivity contribution in [2.24, 2.45) is 0 Å². The van der Waals surface area contributed by atoms with Crippen molar-refractivity contribution in [1.29, 1.82) is 0 Å². The van der Waals surface area contributed by atoms with Gasteiger partial charge in [-0.25, -0.2) is 0 Å². The van der Waals surface area contributed by atoms with E-state index in [2.05, 4.69) is 49.4 Å². The molecule has 1 radical (unpaired) electrons. The van der Waals surface area contributed by atoms with E-state index in [1.54, 1.807) is 6.08 Å². The molecule has 0 aliphatic heterocycles. The highest BCUT2D eigenvalue weighted by atomic mass is 13.9. The molecule has 1 rings (SSSR count). The average molecular weight is 211 g/mol. The lowest BCUT2D eigenvalue weighted by Gasteiger charge is -1.97. The molecule has 0 heteroatoms. The zero-order valence-electron chi connectivity index (χ0n) is 9.68. The lowest BCUT2D eigenvalue weighted by Crippen LogP contribution is -1.82. The van der Waals surface area contributed by atoms with Crippen molar-refractivity contribution in [3.05, 3.63) is 79.3 Å². The van der Waals surface area contributed by atoms with E-state index in [0.717, 1.165) is 12.8 Å². The first-order chi connectivity index (χ1) is 7.93. The van der Waals surface area contributed by atoms with Crippen LogP contribution in [0.25, 0.3) is 0 Å². The van der Waals surface area contributed by atoms with Gasteiger partial charge in [0.25, 0.3) is 0 Å². The van der Waals surface area contributed by atoms with Crippen LogP contribution in [0, 0.1) is 6.92 Å². The van der Waals surface area contributed by atoms with Crippen molar-refractivity contribution in [1.82, 2.24) is 0 Å². The van der Waals surface area contributed by atoms with Crippen LogP contribution in [0.15, 0.2) is 66.8 Å². The van der Waals surface area contributed by atoms with Gasteiger partial charge in [0.05, 0.1) is 0 Å². The molecule has 1 aromatic rings. The zero-order chi connectivity index (χ0) is 11.5. The van der Waals surface area contributed by atoms with Gasteiger partial charge in [0.1, 0.15) is 0 Å². The van der Waals surface area contributed by atoms with Crippen molar-refractivity contribution < 1.29 is 0 Å². The van der Waals surface area contributed by atoms with Crippen LogP contribution in [0.1, 0.15) is 18.4 Å². The third-order valence-corrected chi connectivity index (χ3v) is 2.28. The summed E-state index contributed by atoms with van der Waals surface area (Å²) in [6, 6.07) is 10.6. The maximum atomic E-state index is 3.61. The van der Waals surface area contributed by atoms with Gasteiger partial charge in [0.2, 0.25) is 0 Å². The summed E-state index contributed by atoms with van der Waals surface area (Å²) in [4.78, 5) is 0. The predicted molar refractivity (Wildman–Crippen MR) is 72.2 cm³/mol. The molecule has 1 aromatic carbocycles. The third-order valence-electron chi connectivity index (χ3n) is 2.28. The van der Waals surface area contributed by atoms with Gasteiger partial charge in [-0.3, -0.25) is 0 Å². The Morgan fingerprint density at radius 1 is 0.938 bits per heavy atom. The Labute approximate surface area is 99.0 Å². The van der Waals surface area contributed by atoms with Crippen LogP contribution in [-0.4, -0.2) is 0 Å². The highest BCUT2D eigenvalue weighted by molar-refractivity contribution is 5.15. The molecular weight excluding hydrogens is 192 g/mol. The summed E-state index contributed by atoms with van der Waals surface area (Å²) in [5, 5.41) is 0. The van der Waals surface area contributed by atoms with Gasteiger partial charge in [-0.1, -0.05) is 66.8 Å². The Morgan fingerprint density at radius 3 is 2.44 bits per heavy atom. The second kappa shape index (κ2) is 8.72. The van der Waals surface area contributed by atoms with Crippen LogP contribution in [0.4, 0.5) is 0 Å². The van der Waals surface area contributed by atoms with Crippen molar-refractivity contribution in [2.45, 2.75) is 19.3 Å². The maximum Gasteiger partial charge on any atom is -0.0276 e. The van der Waals surface area contributed by atoms with Gasteiger partial charge in [-0.15, -0.1) is 0 Å². The molecule has 0 atom stereocenters. The molecule has 0 heterocycles. The second-order valence-corrected chi connectivity index (χ2v) is 3.62. The van der Waals surface area contributed by atoms with Crippen LogP contribution in [-0.2, 0) is 6.42 Å². The fourth-order valence-corrected chi connectivity index (χ4v) is 1.45. The van der Waals surface area contributed by atoms with Crippen LogP contribution < -0.4 is 0 Å².